The molecule has 0 saturated heterocycles. The van der Waals surface area contributed by atoms with Gasteiger partial charge in [0.2, 0.25) is 0 Å². The van der Waals surface area contributed by atoms with Gasteiger partial charge in [-0.1, -0.05) is 13.3 Å². The molecule has 1 saturated carbocycles. The van der Waals surface area contributed by atoms with Crippen LogP contribution >= 0.6 is 0 Å². The third-order valence-electron chi connectivity index (χ3n) is 3.68. The first-order chi connectivity index (χ1) is 7.75. The van der Waals surface area contributed by atoms with Crippen molar-refractivity contribution in [1.29, 1.82) is 0 Å². The van der Waals surface area contributed by atoms with Gasteiger partial charge in [0.1, 0.15) is 0 Å². The van der Waals surface area contributed by atoms with Crippen LogP contribution in [0.15, 0.2) is 12.3 Å². The molecule has 1 heterocycles. The van der Waals surface area contributed by atoms with E-state index in [4.69, 9.17) is 0 Å². The summed E-state index contributed by atoms with van der Waals surface area (Å²) in [5, 5.41) is 7.83. The summed E-state index contributed by atoms with van der Waals surface area (Å²) in [4.78, 5) is 0. The van der Waals surface area contributed by atoms with Crippen LogP contribution < -0.4 is 5.32 Å². The highest BCUT2D eigenvalue weighted by Gasteiger charge is 2.17. The second kappa shape index (κ2) is 5.48. The minimum Gasteiger partial charge on any atom is -0.314 e. The molecular weight excluding hydrogens is 198 g/mol. The van der Waals surface area contributed by atoms with E-state index in [9.17, 15) is 0 Å². The van der Waals surface area contributed by atoms with Gasteiger partial charge in [-0.05, 0) is 44.2 Å². The number of hydrogen-bond donors (Lipinski definition) is 1. The molecule has 0 bridgehead atoms. The molecule has 2 rings (SSSR count). The quantitative estimate of drug-likeness (QED) is 0.797. The standard InChI is InChI=1S/C13H23N3/c1-11(10-14-12-4-3-5-12)6-7-13-8-9-15-16(13)2/h8-9,11-12,14H,3-7,10H2,1-2H3. The monoisotopic (exact) mass is 221 g/mol. The van der Waals surface area contributed by atoms with Gasteiger partial charge in [-0.2, -0.15) is 5.10 Å². The molecule has 0 amide bonds. The molecule has 0 radical (unpaired) electrons. The summed E-state index contributed by atoms with van der Waals surface area (Å²) in [7, 11) is 2.02. The molecule has 0 aliphatic heterocycles. The van der Waals surface area contributed by atoms with Gasteiger partial charge in [-0.15, -0.1) is 0 Å². The normalized spacial score (nSPS) is 18.4. The zero-order chi connectivity index (χ0) is 11.4. The Bertz CT molecular complexity index is 315. The molecule has 0 aromatic carbocycles. The van der Waals surface area contributed by atoms with Crippen LogP contribution in [0.2, 0.25) is 0 Å². The molecule has 1 aromatic heterocycles. The molecule has 1 aromatic rings. The summed E-state index contributed by atoms with van der Waals surface area (Å²) in [6, 6.07) is 2.94. The van der Waals surface area contributed by atoms with Gasteiger partial charge in [0.05, 0.1) is 0 Å². The van der Waals surface area contributed by atoms with E-state index in [2.05, 4.69) is 23.4 Å². The van der Waals surface area contributed by atoms with E-state index >= 15 is 0 Å². The third-order valence-corrected chi connectivity index (χ3v) is 3.68. The van der Waals surface area contributed by atoms with Crippen molar-refractivity contribution in [3.63, 3.8) is 0 Å². The van der Waals surface area contributed by atoms with Gasteiger partial charge < -0.3 is 5.32 Å². The van der Waals surface area contributed by atoms with E-state index in [1.807, 2.05) is 17.9 Å². The minimum atomic E-state index is 0.760. The Morgan fingerprint density at radius 3 is 2.94 bits per heavy atom. The molecule has 1 unspecified atom stereocenters. The Balaban J connectivity index is 1.63. The van der Waals surface area contributed by atoms with Crippen LogP contribution in [0.4, 0.5) is 0 Å². The Hall–Kier alpha value is -0.830. The highest BCUT2D eigenvalue weighted by atomic mass is 15.2. The average Bonchev–Trinajstić information content (AvgIpc) is 2.59. The second-order valence-corrected chi connectivity index (χ2v) is 5.13. The van der Waals surface area contributed by atoms with E-state index in [0.29, 0.717) is 0 Å². The largest absolute Gasteiger partial charge is 0.314 e. The summed E-state index contributed by atoms with van der Waals surface area (Å²) in [5.41, 5.74) is 1.34. The Labute approximate surface area is 98.2 Å². The van der Waals surface area contributed by atoms with Crippen LogP contribution in [0.3, 0.4) is 0 Å². The van der Waals surface area contributed by atoms with Crippen molar-refractivity contribution in [2.24, 2.45) is 13.0 Å². The fraction of sp³-hybridized carbons (Fsp3) is 0.769. The van der Waals surface area contributed by atoms with Crippen LogP contribution in [-0.4, -0.2) is 22.4 Å². The number of aromatic nitrogens is 2. The highest BCUT2D eigenvalue weighted by molar-refractivity contribution is 4.99. The molecule has 1 aliphatic carbocycles. The average molecular weight is 221 g/mol. The lowest BCUT2D eigenvalue weighted by Gasteiger charge is -2.28. The molecule has 1 atom stereocenters. The molecule has 1 fully saturated rings. The van der Waals surface area contributed by atoms with Crippen LogP contribution in [0.1, 0.15) is 38.3 Å². The smallest absolute Gasteiger partial charge is 0.0492 e. The molecule has 0 spiro atoms. The SMILES string of the molecule is CC(CCc1ccnn1C)CNC1CCC1. The van der Waals surface area contributed by atoms with E-state index in [1.54, 1.807) is 0 Å². The van der Waals surface area contributed by atoms with Crippen molar-refractivity contribution in [1.82, 2.24) is 15.1 Å². The zero-order valence-corrected chi connectivity index (χ0v) is 10.4. The van der Waals surface area contributed by atoms with E-state index in [-0.39, 0.29) is 0 Å². The summed E-state index contributed by atoms with van der Waals surface area (Å²) < 4.78 is 1.98. The molecule has 1 N–H and O–H groups in total. The number of nitrogens with one attached hydrogen (secondary N) is 1. The van der Waals surface area contributed by atoms with Crippen molar-refractivity contribution in [2.75, 3.05) is 6.54 Å². The Morgan fingerprint density at radius 1 is 1.56 bits per heavy atom. The maximum atomic E-state index is 4.19. The van der Waals surface area contributed by atoms with Gasteiger partial charge in [0.25, 0.3) is 0 Å². The second-order valence-electron chi connectivity index (χ2n) is 5.13. The van der Waals surface area contributed by atoms with Gasteiger partial charge in [-0.25, -0.2) is 0 Å². The van der Waals surface area contributed by atoms with Gasteiger partial charge in [0, 0.05) is 25.0 Å². The van der Waals surface area contributed by atoms with Crippen molar-refractivity contribution in [3.8, 4) is 0 Å². The lowest BCUT2D eigenvalue weighted by Crippen LogP contribution is -2.37. The fourth-order valence-corrected chi connectivity index (χ4v) is 2.12. The number of hydrogen-bond acceptors (Lipinski definition) is 2. The van der Waals surface area contributed by atoms with Gasteiger partial charge in [0.15, 0.2) is 0 Å². The highest BCUT2D eigenvalue weighted by Crippen LogP contribution is 2.18. The van der Waals surface area contributed by atoms with Crippen LogP contribution in [-0.2, 0) is 13.5 Å². The first-order valence-corrected chi connectivity index (χ1v) is 6.46. The van der Waals surface area contributed by atoms with Crippen LogP contribution in [0, 0.1) is 5.92 Å². The molecular formula is C13H23N3. The van der Waals surface area contributed by atoms with Gasteiger partial charge in [-0.3, -0.25) is 4.68 Å². The summed E-state index contributed by atoms with van der Waals surface area (Å²) in [5.74, 6) is 0.760. The number of aryl methyl sites for hydroxylation is 2. The predicted molar refractivity (Wildman–Crippen MR) is 66.3 cm³/mol. The van der Waals surface area contributed by atoms with Crippen molar-refractivity contribution in [2.45, 2.75) is 45.1 Å². The first kappa shape index (κ1) is 11.6. The Kier molecular flexibility index (Phi) is 3.99. The third kappa shape index (κ3) is 3.08. The molecule has 3 heteroatoms. The lowest BCUT2D eigenvalue weighted by molar-refractivity contribution is 0.316. The van der Waals surface area contributed by atoms with E-state index in [0.717, 1.165) is 18.4 Å². The van der Waals surface area contributed by atoms with Crippen LogP contribution in [0.5, 0.6) is 0 Å². The van der Waals surface area contributed by atoms with Crippen molar-refractivity contribution >= 4 is 0 Å². The summed E-state index contributed by atoms with van der Waals surface area (Å²) in [6.07, 6.45) is 8.46. The van der Waals surface area contributed by atoms with Crippen molar-refractivity contribution in [3.05, 3.63) is 18.0 Å². The summed E-state index contributed by atoms with van der Waals surface area (Å²) >= 11 is 0. The maximum Gasteiger partial charge on any atom is 0.0492 e. The Morgan fingerprint density at radius 2 is 2.38 bits per heavy atom. The predicted octanol–water partition coefficient (Wildman–Crippen LogP) is 2.13. The lowest BCUT2D eigenvalue weighted by atomic mass is 9.92. The maximum absolute atomic E-state index is 4.19. The molecule has 1 aliphatic rings. The van der Waals surface area contributed by atoms with Crippen molar-refractivity contribution < 1.29 is 0 Å². The minimum absolute atomic E-state index is 0.760. The van der Waals surface area contributed by atoms with Crippen LogP contribution in [0.25, 0.3) is 0 Å². The van der Waals surface area contributed by atoms with Gasteiger partial charge >= 0.3 is 0 Å². The fourth-order valence-electron chi connectivity index (χ4n) is 2.12. The summed E-state index contributed by atoms with van der Waals surface area (Å²) in [6.45, 7) is 3.50. The van der Waals surface area contributed by atoms with E-state index in [1.165, 1.54) is 37.9 Å². The number of rotatable bonds is 6. The zero-order valence-electron chi connectivity index (χ0n) is 10.4. The molecule has 16 heavy (non-hydrogen) atoms. The first-order valence-electron chi connectivity index (χ1n) is 6.46. The van der Waals surface area contributed by atoms with E-state index < -0.39 is 0 Å². The number of nitrogens with zero attached hydrogens (tertiary/aromatic N) is 2. The molecule has 3 nitrogen and oxygen atoms in total. The molecule has 90 valence electrons. The topological polar surface area (TPSA) is 29.9 Å².